The molecule has 110 valence electrons. The van der Waals surface area contributed by atoms with Gasteiger partial charge in [0.1, 0.15) is 6.54 Å². The van der Waals surface area contributed by atoms with Gasteiger partial charge in [-0.1, -0.05) is 0 Å². The highest BCUT2D eigenvalue weighted by atomic mass is 16.4. The fourth-order valence-corrected chi connectivity index (χ4v) is 1.92. The number of nitrogens with zero attached hydrogens (tertiary/aromatic N) is 3. The summed E-state index contributed by atoms with van der Waals surface area (Å²) in [5, 5.41) is 12.9. The summed E-state index contributed by atoms with van der Waals surface area (Å²) in [5.41, 5.74) is 7.28. The van der Waals surface area contributed by atoms with Crippen molar-refractivity contribution in [2.45, 2.75) is 20.3 Å². The van der Waals surface area contributed by atoms with Gasteiger partial charge in [0.15, 0.2) is 0 Å². The molecule has 0 aliphatic heterocycles. The maximum absolute atomic E-state index is 12.1. The summed E-state index contributed by atoms with van der Waals surface area (Å²) in [7, 11) is 1.76. The number of nitrogens with two attached hydrogens (primary N) is 1. The molecule has 0 bridgehead atoms. The zero-order valence-corrected chi connectivity index (χ0v) is 11.7. The fourth-order valence-electron chi connectivity index (χ4n) is 1.92. The number of hydrogen-bond acceptors (Lipinski definition) is 4. The molecule has 0 radical (unpaired) electrons. The van der Waals surface area contributed by atoms with E-state index < -0.39 is 30.9 Å². The Kier molecular flexibility index (Phi) is 4.84. The number of aryl methyl sites for hydroxylation is 2. The Hall–Kier alpha value is -2.38. The highest BCUT2D eigenvalue weighted by Gasteiger charge is 2.21. The maximum Gasteiger partial charge on any atom is 0.323 e. The summed E-state index contributed by atoms with van der Waals surface area (Å²) >= 11 is 0. The minimum atomic E-state index is -1.20. The second-order valence-corrected chi connectivity index (χ2v) is 4.56. The number of aromatic nitrogens is 2. The Balaban J connectivity index is 2.89. The third kappa shape index (κ3) is 3.81. The summed E-state index contributed by atoms with van der Waals surface area (Å²) in [4.78, 5) is 34.7. The van der Waals surface area contributed by atoms with Crippen molar-refractivity contribution in [1.29, 1.82) is 0 Å². The van der Waals surface area contributed by atoms with Crippen LogP contribution in [0, 0.1) is 13.8 Å². The standard InChI is InChI=1S/C12H18N4O4/c1-7-9(8(2)15(3)14-7)4-11(18)16(5-10(13)17)6-12(19)20/h4-6H2,1-3H3,(H2,13,17)(H,19,20). The molecule has 1 aromatic rings. The number of primary amides is 1. The number of hydrogen-bond donors (Lipinski definition) is 2. The second-order valence-electron chi connectivity index (χ2n) is 4.56. The first-order valence-corrected chi connectivity index (χ1v) is 5.99. The number of carbonyl (C=O) groups excluding carboxylic acids is 2. The molecule has 1 rings (SSSR count). The number of carboxylic acid groups (broad SMARTS) is 1. The van der Waals surface area contributed by atoms with E-state index in [9.17, 15) is 14.4 Å². The zero-order valence-electron chi connectivity index (χ0n) is 11.7. The Morgan fingerprint density at radius 3 is 2.30 bits per heavy atom. The van der Waals surface area contributed by atoms with Crippen LogP contribution in [0.5, 0.6) is 0 Å². The SMILES string of the molecule is Cc1nn(C)c(C)c1CC(=O)N(CC(N)=O)CC(=O)O. The van der Waals surface area contributed by atoms with Crippen LogP contribution in [-0.4, -0.2) is 50.7 Å². The highest BCUT2D eigenvalue weighted by Crippen LogP contribution is 2.13. The van der Waals surface area contributed by atoms with Gasteiger partial charge in [0.25, 0.3) is 0 Å². The molecule has 20 heavy (non-hydrogen) atoms. The molecule has 3 N–H and O–H groups in total. The van der Waals surface area contributed by atoms with Gasteiger partial charge >= 0.3 is 5.97 Å². The molecule has 0 fully saturated rings. The summed E-state index contributed by atoms with van der Waals surface area (Å²) < 4.78 is 1.65. The van der Waals surface area contributed by atoms with E-state index >= 15 is 0 Å². The molecular formula is C12H18N4O4. The van der Waals surface area contributed by atoms with E-state index in [0.29, 0.717) is 5.69 Å². The molecule has 0 aliphatic carbocycles. The average molecular weight is 282 g/mol. The van der Waals surface area contributed by atoms with Crippen molar-refractivity contribution in [2.24, 2.45) is 12.8 Å². The van der Waals surface area contributed by atoms with Gasteiger partial charge in [0.05, 0.1) is 18.7 Å². The third-order valence-electron chi connectivity index (χ3n) is 3.01. The van der Waals surface area contributed by atoms with Crippen LogP contribution in [0.15, 0.2) is 0 Å². The van der Waals surface area contributed by atoms with Gasteiger partial charge in [0.2, 0.25) is 11.8 Å². The zero-order chi connectivity index (χ0) is 15.4. The molecule has 8 nitrogen and oxygen atoms in total. The Labute approximate surface area is 116 Å². The van der Waals surface area contributed by atoms with Gasteiger partial charge in [0, 0.05) is 18.3 Å². The van der Waals surface area contributed by atoms with Gasteiger partial charge in [-0.05, 0) is 13.8 Å². The van der Waals surface area contributed by atoms with Gasteiger partial charge in [-0.15, -0.1) is 0 Å². The number of rotatable bonds is 6. The predicted molar refractivity (Wildman–Crippen MR) is 69.8 cm³/mol. The molecule has 1 aromatic heterocycles. The largest absolute Gasteiger partial charge is 0.480 e. The molecular weight excluding hydrogens is 264 g/mol. The molecule has 0 saturated heterocycles. The number of carbonyl (C=O) groups is 3. The maximum atomic E-state index is 12.1. The average Bonchev–Trinajstić information content (AvgIpc) is 2.54. The molecule has 0 unspecified atom stereocenters. The van der Waals surface area contributed by atoms with Crippen LogP contribution in [0.4, 0.5) is 0 Å². The van der Waals surface area contributed by atoms with Crippen molar-refractivity contribution >= 4 is 17.8 Å². The molecule has 2 amide bonds. The molecule has 0 spiro atoms. The molecule has 1 heterocycles. The van der Waals surface area contributed by atoms with Crippen molar-refractivity contribution in [1.82, 2.24) is 14.7 Å². The van der Waals surface area contributed by atoms with Crippen molar-refractivity contribution in [3.63, 3.8) is 0 Å². The summed E-state index contributed by atoms with van der Waals surface area (Å²) in [6.45, 7) is 2.62. The van der Waals surface area contributed by atoms with Gasteiger partial charge in [-0.2, -0.15) is 5.10 Å². The Morgan fingerprint density at radius 2 is 1.90 bits per heavy atom. The lowest BCUT2D eigenvalue weighted by molar-refractivity contribution is -0.145. The second kappa shape index (κ2) is 6.18. The number of aliphatic carboxylic acids is 1. The Bertz CT molecular complexity index is 534. The lowest BCUT2D eigenvalue weighted by Crippen LogP contribution is -2.42. The lowest BCUT2D eigenvalue weighted by atomic mass is 10.1. The predicted octanol–water partition coefficient (Wildman–Crippen LogP) is -1.02. The normalized spacial score (nSPS) is 10.3. The van der Waals surface area contributed by atoms with Crippen LogP contribution in [0.2, 0.25) is 0 Å². The first-order valence-electron chi connectivity index (χ1n) is 5.99. The summed E-state index contributed by atoms with van der Waals surface area (Å²) in [5.74, 6) is -2.41. The van der Waals surface area contributed by atoms with Crippen molar-refractivity contribution < 1.29 is 19.5 Å². The minimum Gasteiger partial charge on any atom is -0.480 e. The summed E-state index contributed by atoms with van der Waals surface area (Å²) in [6.07, 6.45) is -0.00787. The van der Waals surface area contributed by atoms with E-state index in [0.717, 1.165) is 16.2 Å². The number of amides is 2. The van der Waals surface area contributed by atoms with Crippen LogP contribution in [0.3, 0.4) is 0 Å². The topological polar surface area (TPSA) is 119 Å². The van der Waals surface area contributed by atoms with Crippen LogP contribution in [0.1, 0.15) is 17.0 Å². The molecule has 0 atom stereocenters. The van der Waals surface area contributed by atoms with E-state index in [1.807, 2.05) is 6.92 Å². The van der Waals surface area contributed by atoms with Crippen molar-refractivity contribution in [3.05, 3.63) is 17.0 Å². The molecule has 0 aliphatic rings. The highest BCUT2D eigenvalue weighted by molar-refractivity contribution is 5.88. The molecule has 0 aromatic carbocycles. The van der Waals surface area contributed by atoms with E-state index in [1.54, 1.807) is 18.7 Å². The van der Waals surface area contributed by atoms with Crippen LogP contribution >= 0.6 is 0 Å². The summed E-state index contributed by atoms with van der Waals surface area (Å²) in [6, 6.07) is 0. The number of carboxylic acids is 1. The first kappa shape index (κ1) is 15.7. The minimum absolute atomic E-state index is 0.00787. The van der Waals surface area contributed by atoms with Gasteiger partial charge in [-0.3, -0.25) is 19.1 Å². The van der Waals surface area contributed by atoms with Gasteiger partial charge in [-0.25, -0.2) is 0 Å². The monoisotopic (exact) mass is 282 g/mol. The lowest BCUT2D eigenvalue weighted by Gasteiger charge is -2.19. The van der Waals surface area contributed by atoms with Crippen LogP contribution in [-0.2, 0) is 27.9 Å². The fraction of sp³-hybridized carbons (Fsp3) is 0.500. The van der Waals surface area contributed by atoms with Gasteiger partial charge < -0.3 is 15.7 Å². The van der Waals surface area contributed by atoms with Crippen molar-refractivity contribution in [2.75, 3.05) is 13.1 Å². The molecule has 0 saturated carbocycles. The quantitative estimate of drug-likeness (QED) is 0.692. The third-order valence-corrected chi connectivity index (χ3v) is 3.01. The van der Waals surface area contributed by atoms with Crippen molar-refractivity contribution in [3.8, 4) is 0 Å². The van der Waals surface area contributed by atoms with E-state index in [-0.39, 0.29) is 6.42 Å². The van der Waals surface area contributed by atoms with Crippen LogP contribution < -0.4 is 5.73 Å². The van der Waals surface area contributed by atoms with Crippen LogP contribution in [0.25, 0.3) is 0 Å². The van der Waals surface area contributed by atoms with E-state index in [1.165, 1.54) is 0 Å². The Morgan fingerprint density at radius 1 is 1.30 bits per heavy atom. The smallest absolute Gasteiger partial charge is 0.323 e. The van der Waals surface area contributed by atoms with E-state index in [4.69, 9.17) is 10.8 Å². The first-order chi connectivity index (χ1) is 9.22. The molecule has 8 heteroatoms. The van der Waals surface area contributed by atoms with E-state index in [2.05, 4.69) is 5.10 Å².